The molecule has 1 unspecified atom stereocenters. The smallest absolute Gasteiger partial charge is 0.239 e. The van der Waals surface area contributed by atoms with Crippen LogP contribution in [-0.4, -0.2) is 53.0 Å². The molecule has 144 valence electrons. The molecule has 0 saturated carbocycles. The summed E-state index contributed by atoms with van der Waals surface area (Å²) >= 11 is 2.27. The molecule has 0 aliphatic carbocycles. The number of rotatable bonds is 4. The molecular weight excluding hydrogens is 465 g/mol. The third-order valence-electron chi connectivity index (χ3n) is 5.10. The van der Waals surface area contributed by atoms with Crippen LogP contribution in [-0.2, 0) is 11.2 Å². The molecule has 1 fully saturated rings. The zero-order valence-corrected chi connectivity index (χ0v) is 17.6. The van der Waals surface area contributed by atoms with Crippen LogP contribution in [0.4, 0.5) is 5.82 Å². The number of amides is 1. The van der Waals surface area contributed by atoms with Crippen LogP contribution in [0, 0.1) is 3.57 Å². The lowest BCUT2D eigenvalue weighted by molar-refractivity contribution is -0.132. The number of fused-ring (bicyclic) bond motifs is 1. The molecule has 3 aromatic rings. The summed E-state index contributed by atoms with van der Waals surface area (Å²) in [6.45, 7) is 2.78. The maximum absolute atomic E-state index is 12.8. The van der Waals surface area contributed by atoms with Gasteiger partial charge in [-0.3, -0.25) is 4.79 Å². The first-order valence-corrected chi connectivity index (χ1v) is 10.4. The SMILES string of the molecule is NC(Cc1ccc(I)cc1)C(=O)N1CCN(c2ncnc3ccccc23)CC1. The van der Waals surface area contributed by atoms with E-state index in [0.29, 0.717) is 19.5 Å². The molecule has 4 rings (SSSR count). The van der Waals surface area contributed by atoms with E-state index in [4.69, 9.17) is 5.73 Å². The van der Waals surface area contributed by atoms with E-state index in [1.165, 1.54) is 3.57 Å². The number of nitrogens with zero attached hydrogens (tertiary/aromatic N) is 4. The average molecular weight is 487 g/mol. The number of nitrogens with two attached hydrogens (primary N) is 1. The fourth-order valence-electron chi connectivity index (χ4n) is 3.58. The first-order chi connectivity index (χ1) is 13.6. The van der Waals surface area contributed by atoms with Crippen LogP contribution in [0.1, 0.15) is 5.56 Å². The third kappa shape index (κ3) is 4.10. The van der Waals surface area contributed by atoms with E-state index in [2.05, 4.69) is 37.5 Å². The second-order valence-corrected chi connectivity index (χ2v) is 8.21. The van der Waals surface area contributed by atoms with Crippen molar-refractivity contribution in [2.75, 3.05) is 31.1 Å². The quantitative estimate of drug-likeness (QED) is 0.573. The number of hydrogen-bond acceptors (Lipinski definition) is 5. The number of piperazine rings is 1. The van der Waals surface area contributed by atoms with Gasteiger partial charge in [-0.05, 0) is 58.8 Å². The number of carbonyl (C=O) groups excluding carboxylic acids is 1. The summed E-state index contributed by atoms with van der Waals surface area (Å²) in [6.07, 6.45) is 2.17. The molecule has 1 atom stereocenters. The van der Waals surface area contributed by atoms with Gasteiger partial charge in [-0.2, -0.15) is 0 Å². The molecule has 1 saturated heterocycles. The van der Waals surface area contributed by atoms with Crippen molar-refractivity contribution in [3.05, 3.63) is 64.0 Å². The summed E-state index contributed by atoms with van der Waals surface area (Å²) in [4.78, 5) is 25.7. The number of hydrogen-bond donors (Lipinski definition) is 1. The van der Waals surface area contributed by atoms with Gasteiger partial charge in [0.1, 0.15) is 12.1 Å². The topological polar surface area (TPSA) is 75.4 Å². The van der Waals surface area contributed by atoms with E-state index in [1.54, 1.807) is 6.33 Å². The molecule has 0 spiro atoms. The predicted octanol–water partition coefficient (Wildman–Crippen LogP) is 2.45. The van der Waals surface area contributed by atoms with Crippen molar-refractivity contribution in [3.63, 3.8) is 0 Å². The van der Waals surface area contributed by atoms with Gasteiger partial charge >= 0.3 is 0 Å². The van der Waals surface area contributed by atoms with Crippen molar-refractivity contribution < 1.29 is 4.79 Å². The maximum atomic E-state index is 12.8. The van der Waals surface area contributed by atoms with Crippen molar-refractivity contribution >= 4 is 45.2 Å². The number of para-hydroxylation sites is 1. The molecule has 2 N–H and O–H groups in total. The lowest BCUT2D eigenvalue weighted by Crippen LogP contribution is -2.53. The molecule has 1 aliphatic heterocycles. The fourth-order valence-corrected chi connectivity index (χ4v) is 3.94. The molecule has 1 aromatic heterocycles. The van der Waals surface area contributed by atoms with Crippen molar-refractivity contribution in [2.24, 2.45) is 5.73 Å². The van der Waals surface area contributed by atoms with E-state index in [-0.39, 0.29) is 5.91 Å². The van der Waals surface area contributed by atoms with Crippen LogP contribution in [0.5, 0.6) is 0 Å². The van der Waals surface area contributed by atoms with Gasteiger partial charge in [0.2, 0.25) is 5.91 Å². The van der Waals surface area contributed by atoms with Crippen molar-refractivity contribution in [2.45, 2.75) is 12.5 Å². The highest BCUT2D eigenvalue weighted by molar-refractivity contribution is 14.1. The fraction of sp³-hybridized carbons (Fsp3) is 0.286. The second-order valence-electron chi connectivity index (χ2n) is 6.96. The summed E-state index contributed by atoms with van der Waals surface area (Å²) in [7, 11) is 0. The lowest BCUT2D eigenvalue weighted by Gasteiger charge is -2.36. The number of carbonyl (C=O) groups is 1. The highest BCUT2D eigenvalue weighted by Crippen LogP contribution is 2.23. The molecule has 6 nitrogen and oxygen atoms in total. The summed E-state index contributed by atoms with van der Waals surface area (Å²) < 4.78 is 1.18. The van der Waals surface area contributed by atoms with Crippen LogP contribution in [0.25, 0.3) is 10.9 Å². The molecule has 1 aliphatic rings. The van der Waals surface area contributed by atoms with Gasteiger partial charge in [0, 0.05) is 35.1 Å². The van der Waals surface area contributed by atoms with Gasteiger partial charge in [0.15, 0.2) is 0 Å². The summed E-state index contributed by atoms with van der Waals surface area (Å²) in [5.41, 5.74) is 8.24. The monoisotopic (exact) mass is 487 g/mol. The van der Waals surface area contributed by atoms with E-state index >= 15 is 0 Å². The van der Waals surface area contributed by atoms with Gasteiger partial charge in [-0.1, -0.05) is 24.3 Å². The summed E-state index contributed by atoms with van der Waals surface area (Å²) in [6, 6.07) is 15.6. The van der Waals surface area contributed by atoms with Gasteiger partial charge in [-0.25, -0.2) is 9.97 Å². The Balaban J connectivity index is 1.39. The maximum Gasteiger partial charge on any atom is 0.239 e. The molecule has 1 amide bonds. The minimum atomic E-state index is -0.508. The van der Waals surface area contributed by atoms with Gasteiger partial charge in [0.05, 0.1) is 11.6 Å². The van der Waals surface area contributed by atoms with Crippen molar-refractivity contribution in [3.8, 4) is 0 Å². The van der Waals surface area contributed by atoms with E-state index in [0.717, 1.165) is 35.4 Å². The van der Waals surface area contributed by atoms with E-state index in [9.17, 15) is 4.79 Å². The number of halogens is 1. The molecule has 0 bridgehead atoms. The van der Waals surface area contributed by atoms with E-state index < -0.39 is 6.04 Å². The standard InChI is InChI=1S/C21H22IN5O/c22-16-7-5-15(6-8-16)13-18(23)21(28)27-11-9-26(10-12-27)20-17-3-1-2-4-19(17)24-14-25-20/h1-8,14,18H,9-13,23H2. The largest absolute Gasteiger partial charge is 0.352 e. The highest BCUT2D eigenvalue weighted by Gasteiger charge is 2.26. The summed E-state index contributed by atoms with van der Waals surface area (Å²) in [5.74, 6) is 0.951. The second kappa shape index (κ2) is 8.40. The van der Waals surface area contributed by atoms with Crippen LogP contribution in [0.2, 0.25) is 0 Å². The van der Waals surface area contributed by atoms with Crippen LogP contribution < -0.4 is 10.6 Å². The Hall–Kier alpha value is -2.26. The van der Waals surface area contributed by atoms with Crippen LogP contribution in [0.15, 0.2) is 54.9 Å². The van der Waals surface area contributed by atoms with Crippen molar-refractivity contribution in [1.29, 1.82) is 0 Å². The first kappa shape index (κ1) is 19.1. The average Bonchev–Trinajstić information content (AvgIpc) is 2.74. The third-order valence-corrected chi connectivity index (χ3v) is 5.82. The number of aromatic nitrogens is 2. The Morgan fingerprint density at radius 2 is 1.75 bits per heavy atom. The Labute approximate surface area is 177 Å². The minimum Gasteiger partial charge on any atom is -0.352 e. The Bertz CT molecular complexity index is 965. The molecule has 7 heteroatoms. The zero-order chi connectivity index (χ0) is 19.5. The molecular formula is C21H22IN5O. The molecule has 28 heavy (non-hydrogen) atoms. The van der Waals surface area contributed by atoms with Gasteiger partial charge in [0.25, 0.3) is 0 Å². The zero-order valence-electron chi connectivity index (χ0n) is 15.5. The molecule has 2 heterocycles. The van der Waals surface area contributed by atoms with Crippen LogP contribution in [0.3, 0.4) is 0 Å². The predicted molar refractivity (Wildman–Crippen MR) is 119 cm³/mol. The number of anilines is 1. The normalized spacial score (nSPS) is 15.6. The minimum absolute atomic E-state index is 0.0192. The summed E-state index contributed by atoms with van der Waals surface area (Å²) in [5, 5.41) is 1.04. The first-order valence-electron chi connectivity index (χ1n) is 9.35. The van der Waals surface area contributed by atoms with Crippen LogP contribution >= 0.6 is 22.6 Å². The highest BCUT2D eigenvalue weighted by atomic mass is 127. The number of benzene rings is 2. The Morgan fingerprint density at radius 3 is 2.50 bits per heavy atom. The van der Waals surface area contributed by atoms with Gasteiger partial charge < -0.3 is 15.5 Å². The molecule has 0 radical (unpaired) electrons. The lowest BCUT2D eigenvalue weighted by atomic mass is 10.1. The van der Waals surface area contributed by atoms with E-state index in [1.807, 2.05) is 53.4 Å². The Morgan fingerprint density at radius 1 is 1.04 bits per heavy atom. The van der Waals surface area contributed by atoms with Gasteiger partial charge in [-0.15, -0.1) is 0 Å². The Kier molecular flexibility index (Phi) is 5.72. The molecule has 2 aromatic carbocycles. The van der Waals surface area contributed by atoms with Crippen molar-refractivity contribution in [1.82, 2.24) is 14.9 Å².